The van der Waals surface area contributed by atoms with E-state index in [1.807, 2.05) is 30.3 Å². The molecule has 0 atom stereocenters. The van der Waals surface area contributed by atoms with Gasteiger partial charge in [-0.25, -0.2) is 0 Å². The van der Waals surface area contributed by atoms with Crippen LogP contribution < -0.4 is 4.74 Å². The number of fused-ring (bicyclic) bond motifs is 1. The fraction of sp³-hybridized carbons (Fsp3) is 0. The molecule has 0 saturated carbocycles. The maximum Gasteiger partial charge on any atom is 0.191 e. The molecule has 2 aromatic rings. The molecule has 0 radical (unpaired) electrons. The van der Waals surface area contributed by atoms with E-state index in [0.717, 1.165) is 16.9 Å². The lowest BCUT2D eigenvalue weighted by atomic mass is 10.1. The van der Waals surface area contributed by atoms with E-state index >= 15 is 0 Å². The topological polar surface area (TPSA) is 12.5 Å². The van der Waals surface area contributed by atoms with Gasteiger partial charge in [-0.3, -0.25) is 0 Å². The predicted octanol–water partition coefficient (Wildman–Crippen LogP) is 5.42. The minimum absolute atomic E-state index is 0.346. The third-order valence-corrected chi connectivity index (χ3v) is 3.77. The molecular formula is C12H5Cl3O. The van der Waals surface area contributed by atoms with Crippen molar-refractivity contribution < 1.29 is 4.74 Å². The number of halogens is 3. The van der Waals surface area contributed by atoms with Crippen LogP contribution in [-0.2, 0) is 0 Å². The van der Waals surface area contributed by atoms with Crippen molar-refractivity contribution in [3.8, 4) is 22.6 Å². The lowest BCUT2D eigenvalue weighted by Gasteiger charge is -2.03. The Labute approximate surface area is 108 Å². The maximum atomic E-state index is 6.18. The highest BCUT2D eigenvalue weighted by Gasteiger charge is 2.34. The smallest absolute Gasteiger partial charge is 0.191 e. The summed E-state index contributed by atoms with van der Waals surface area (Å²) in [5, 5.41) is 1.17. The molecule has 0 amide bonds. The van der Waals surface area contributed by atoms with Crippen molar-refractivity contribution in [2.24, 2.45) is 0 Å². The lowest BCUT2D eigenvalue weighted by molar-refractivity contribution is 0.651. The van der Waals surface area contributed by atoms with Crippen LogP contribution in [0.5, 0.6) is 11.5 Å². The third-order valence-electron chi connectivity index (χ3n) is 2.46. The Morgan fingerprint density at radius 2 is 1.44 bits per heavy atom. The molecule has 0 bridgehead atoms. The Bertz CT molecular complexity index is 579. The van der Waals surface area contributed by atoms with Crippen LogP contribution in [0.2, 0.25) is 15.1 Å². The minimum atomic E-state index is 0.346. The van der Waals surface area contributed by atoms with Gasteiger partial charge in [0, 0.05) is 5.56 Å². The lowest BCUT2D eigenvalue weighted by Crippen LogP contribution is -1.77. The van der Waals surface area contributed by atoms with Gasteiger partial charge in [-0.2, -0.15) is 0 Å². The zero-order valence-corrected chi connectivity index (χ0v) is 10.2. The first kappa shape index (κ1) is 10.3. The number of benzene rings is 2. The van der Waals surface area contributed by atoms with E-state index in [4.69, 9.17) is 39.5 Å². The summed E-state index contributed by atoms with van der Waals surface area (Å²) in [7, 11) is 0. The van der Waals surface area contributed by atoms with Gasteiger partial charge in [0.05, 0.1) is 10.0 Å². The highest BCUT2D eigenvalue weighted by Crippen LogP contribution is 2.61. The van der Waals surface area contributed by atoms with Crippen molar-refractivity contribution in [3.05, 3.63) is 45.4 Å². The normalized spacial score (nSPS) is 11.9. The Kier molecular flexibility index (Phi) is 2.28. The summed E-state index contributed by atoms with van der Waals surface area (Å²) >= 11 is 18.2. The number of hydrogen-bond donors (Lipinski definition) is 0. The fourth-order valence-corrected chi connectivity index (χ4v) is 2.39. The SMILES string of the molecule is Clc1c(Cl)c2c(c(-c3ccccc3)c1Cl)O2. The van der Waals surface area contributed by atoms with Crippen molar-refractivity contribution in [3.63, 3.8) is 0 Å². The second-order valence-corrected chi connectivity index (χ2v) is 4.58. The van der Waals surface area contributed by atoms with Gasteiger partial charge in [-0.15, -0.1) is 0 Å². The van der Waals surface area contributed by atoms with Crippen molar-refractivity contribution in [2.45, 2.75) is 0 Å². The Hall–Kier alpha value is -0.890. The first-order chi connectivity index (χ1) is 7.70. The van der Waals surface area contributed by atoms with Crippen molar-refractivity contribution in [2.75, 3.05) is 0 Å². The molecule has 16 heavy (non-hydrogen) atoms. The van der Waals surface area contributed by atoms with Crippen molar-refractivity contribution in [1.29, 1.82) is 0 Å². The van der Waals surface area contributed by atoms with Gasteiger partial charge in [0.2, 0.25) is 0 Å². The molecule has 0 aromatic heterocycles. The fourth-order valence-electron chi connectivity index (χ4n) is 1.65. The van der Waals surface area contributed by atoms with E-state index in [0.29, 0.717) is 20.8 Å². The van der Waals surface area contributed by atoms with Crippen LogP contribution in [0.25, 0.3) is 11.1 Å². The Morgan fingerprint density at radius 3 is 2.12 bits per heavy atom. The van der Waals surface area contributed by atoms with E-state index in [9.17, 15) is 0 Å². The second-order valence-electron chi connectivity index (χ2n) is 3.44. The Balaban J connectivity index is 2.29. The van der Waals surface area contributed by atoms with Crippen LogP contribution in [-0.4, -0.2) is 0 Å². The molecule has 1 aliphatic heterocycles. The van der Waals surface area contributed by atoms with E-state index in [1.165, 1.54) is 0 Å². The average Bonchev–Trinajstić information content (AvgIpc) is 3.08. The van der Waals surface area contributed by atoms with Crippen LogP contribution in [0, 0.1) is 0 Å². The molecular weight excluding hydrogens is 266 g/mol. The monoisotopic (exact) mass is 270 g/mol. The van der Waals surface area contributed by atoms with Crippen molar-refractivity contribution >= 4 is 34.8 Å². The molecule has 4 heteroatoms. The highest BCUT2D eigenvalue weighted by atomic mass is 35.5. The number of ether oxygens (including phenoxy) is 1. The van der Waals surface area contributed by atoms with Crippen LogP contribution in [0.15, 0.2) is 30.3 Å². The highest BCUT2D eigenvalue weighted by molar-refractivity contribution is 6.50. The summed E-state index contributed by atoms with van der Waals surface area (Å²) in [6.45, 7) is 0. The first-order valence-corrected chi connectivity index (χ1v) is 5.77. The first-order valence-electron chi connectivity index (χ1n) is 4.64. The van der Waals surface area contributed by atoms with E-state index in [1.54, 1.807) is 0 Å². The zero-order valence-electron chi connectivity index (χ0n) is 7.93. The van der Waals surface area contributed by atoms with Crippen LogP contribution in [0.4, 0.5) is 0 Å². The molecule has 3 rings (SSSR count). The van der Waals surface area contributed by atoms with E-state index in [2.05, 4.69) is 0 Å². The standard InChI is InChI=1S/C12H5Cl3O/c13-8-7(6-4-2-1-3-5-6)11-12(16-11)10(15)9(8)14/h1-5H. The minimum Gasteiger partial charge on any atom is -0.447 e. The molecule has 80 valence electrons. The molecule has 1 nitrogen and oxygen atoms in total. The summed E-state index contributed by atoms with van der Waals surface area (Å²) in [5.41, 5.74) is 1.78. The summed E-state index contributed by atoms with van der Waals surface area (Å²) in [6.07, 6.45) is 0. The average molecular weight is 272 g/mol. The van der Waals surface area contributed by atoms with Gasteiger partial charge < -0.3 is 4.74 Å². The second kappa shape index (κ2) is 3.56. The van der Waals surface area contributed by atoms with Gasteiger partial charge >= 0.3 is 0 Å². The quantitative estimate of drug-likeness (QED) is 0.425. The molecule has 0 N–H and O–H groups in total. The number of hydrogen-bond acceptors (Lipinski definition) is 1. The molecule has 0 aliphatic carbocycles. The van der Waals surface area contributed by atoms with Crippen LogP contribution in [0.1, 0.15) is 0 Å². The molecule has 2 aromatic carbocycles. The van der Waals surface area contributed by atoms with Crippen LogP contribution >= 0.6 is 34.8 Å². The van der Waals surface area contributed by atoms with Gasteiger partial charge in [0.15, 0.2) is 11.5 Å². The Morgan fingerprint density at radius 1 is 0.750 bits per heavy atom. The molecule has 0 spiro atoms. The summed E-state index contributed by atoms with van der Waals surface area (Å²) < 4.78 is 5.31. The van der Waals surface area contributed by atoms with E-state index < -0.39 is 0 Å². The van der Waals surface area contributed by atoms with Gasteiger partial charge in [0.1, 0.15) is 5.02 Å². The number of rotatable bonds is 1. The third kappa shape index (κ3) is 1.40. The van der Waals surface area contributed by atoms with Gasteiger partial charge in [-0.1, -0.05) is 65.1 Å². The maximum absolute atomic E-state index is 6.18. The van der Waals surface area contributed by atoms with Crippen molar-refractivity contribution in [1.82, 2.24) is 0 Å². The van der Waals surface area contributed by atoms with Gasteiger partial charge in [0.25, 0.3) is 0 Å². The molecule has 0 unspecified atom stereocenters. The van der Waals surface area contributed by atoms with Crippen LogP contribution in [0.3, 0.4) is 0 Å². The van der Waals surface area contributed by atoms with Gasteiger partial charge in [-0.05, 0) is 5.56 Å². The molecule has 1 aliphatic rings. The van der Waals surface area contributed by atoms with E-state index in [-0.39, 0.29) is 0 Å². The molecule has 0 saturated heterocycles. The predicted molar refractivity (Wildman–Crippen MR) is 67.0 cm³/mol. The molecule has 1 heterocycles. The summed E-state index contributed by atoms with van der Waals surface area (Å²) in [6, 6.07) is 9.71. The summed E-state index contributed by atoms with van der Waals surface area (Å²) in [4.78, 5) is 0. The summed E-state index contributed by atoms with van der Waals surface area (Å²) in [5.74, 6) is 1.36. The largest absolute Gasteiger partial charge is 0.447 e. The molecule has 0 fully saturated rings. The zero-order chi connectivity index (χ0) is 11.3.